The van der Waals surface area contributed by atoms with Crippen LogP contribution in [0.1, 0.15) is 11.1 Å². The second-order valence-electron chi connectivity index (χ2n) is 4.82. The molecule has 0 aliphatic heterocycles. The normalized spacial score (nSPS) is 11.3. The van der Waals surface area contributed by atoms with Gasteiger partial charge in [0.2, 0.25) is 0 Å². The van der Waals surface area contributed by atoms with E-state index in [2.05, 4.69) is 66.4 Å². The molecule has 2 nitrogen and oxygen atoms in total. The molecule has 100 valence electrons. The number of methoxy groups -OCH3 is 1. The molecule has 0 saturated carbocycles. The molecule has 3 aromatic rings. The molecule has 0 unspecified atom stereocenters. The van der Waals surface area contributed by atoms with Crippen molar-refractivity contribution >= 4 is 23.1 Å². The van der Waals surface area contributed by atoms with Crippen molar-refractivity contribution in [1.29, 1.82) is 0 Å². The third kappa shape index (κ3) is 2.32. The standard InChI is InChI=1S/C18H17NO/c1-19-13-15(17-5-3-4-6-18(17)19)10-7-14-8-11-16(20-2)12-9-14/h3-13H,1-2H3/b10-7+. The molecule has 3 rings (SSSR count). The molecule has 0 aliphatic rings. The van der Waals surface area contributed by atoms with Crippen LogP contribution in [0.5, 0.6) is 5.75 Å². The van der Waals surface area contributed by atoms with Crippen LogP contribution < -0.4 is 4.74 Å². The second kappa shape index (κ2) is 5.25. The monoisotopic (exact) mass is 263 g/mol. The van der Waals surface area contributed by atoms with E-state index in [9.17, 15) is 0 Å². The summed E-state index contributed by atoms with van der Waals surface area (Å²) in [6.07, 6.45) is 6.44. The largest absolute Gasteiger partial charge is 0.497 e. The SMILES string of the molecule is COc1ccc(/C=C/c2cn(C)c3ccccc23)cc1. The van der Waals surface area contributed by atoms with E-state index in [1.165, 1.54) is 22.0 Å². The first-order valence-electron chi connectivity index (χ1n) is 6.64. The highest BCUT2D eigenvalue weighted by molar-refractivity contribution is 5.92. The van der Waals surface area contributed by atoms with E-state index in [4.69, 9.17) is 4.74 Å². The number of nitrogens with zero attached hydrogens (tertiary/aromatic N) is 1. The second-order valence-corrected chi connectivity index (χ2v) is 4.82. The van der Waals surface area contributed by atoms with Crippen molar-refractivity contribution in [3.05, 3.63) is 65.9 Å². The van der Waals surface area contributed by atoms with Gasteiger partial charge >= 0.3 is 0 Å². The van der Waals surface area contributed by atoms with Crippen LogP contribution in [-0.2, 0) is 7.05 Å². The van der Waals surface area contributed by atoms with Crippen molar-refractivity contribution in [3.8, 4) is 5.75 Å². The Morgan fingerprint density at radius 2 is 1.70 bits per heavy atom. The summed E-state index contributed by atoms with van der Waals surface area (Å²) in [5.41, 5.74) is 3.65. The average Bonchev–Trinajstić information content (AvgIpc) is 2.83. The Kier molecular flexibility index (Phi) is 3.30. The number of aryl methyl sites for hydroxylation is 1. The zero-order chi connectivity index (χ0) is 13.9. The molecular formula is C18H17NO. The number of hydrogen-bond acceptors (Lipinski definition) is 1. The van der Waals surface area contributed by atoms with Crippen LogP contribution in [0.3, 0.4) is 0 Å². The molecule has 0 atom stereocenters. The summed E-state index contributed by atoms with van der Waals surface area (Å²) in [7, 11) is 3.76. The highest BCUT2D eigenvalue weighted by atomic mass is 16.5. The number of rotatable bonds is 3. The summed E-state index contributed by atoms with van der Waals surface area (Å²) in [5, 5.41) is 1.28. The first kappa shape index (κ1) is 12.5. The fraction of sp³-hybridized carbons (Fsp3) is 0.111. The molecule has 20 heavy (non-hydrogen) atoms. The molecule has 0 saturated heterocycles. The Balaban J connectivity index is 1.94. The fourth-order valence-corrected chi connectivity index (χ4v) is 2.41. The first-order chi connectivity index (χ1) is 9.78. The van der Waals surface area contributed by atoms with E-state index in [-0.39, 0.29) is 0 Å². The molecule has 2 aromatic carbocycles. The maximum Gasteiger partial charge on any atom is 0.118 e. The zero-order valence-corrected chi connectivity index (χ0v) is 11.7. The Hall–Kier alpha value is -2.48. The molecule has 0 amide bonds. The molecule has 1 aromatic heterocycles. The number of fused-ring (bicyclic) bond motifs is 1. The van der Waals surface area contributed by atoms with Crippen LogP contribution in [0.2, 0.25) is 0 Å². The van der Waals surface area contributed by atoms with Crippen LogP contribution in [0, 0.1) is 0 Å². The molecule has 1 heterocycles. The predicted octanol–water partition coefficient (Wildman–Crippen LogP) is 4.36. The van der Waals surface area contributed by atoms with Gasteiger partial charge in [-0.2, -0.15) is 0 Å². The molecule has 0 aliphatic carbocycles. The van der Waals surface area contributed by atoms with Gasteiger partial charge < -0.3 is 9.30 Å². The van der Waals surface area contributed by atoms with Crippen LogP contribution in [0.15, 0.2) is 54.7 Å². The van der Waals surface area contributed by atoms with Gasteiger partial charge in [-0.3, -0.25) is 0 Å². The van der Waals surface area contributed by atoms with Gasteiger partial charge in [0.25, 0.3) is 0 Å². The molecule has 0 bridgehead atoms. The van der Waals surface area contributed by atoms with Crippen LogP contribution in [-0.4, -0.2) is 11.7 Å². The number of benzene rings is 2. The van der Waals surface area contributed by atoms with Gasteiger partial charge in [0, 0.05) is 24.1 Å². The maximum atomic E-state index is 5.17. The van der Waals surface area contributed by atoms with Crippen LogP contribution >= 0.6 is 0 Å². The Morgan fingerprint density at radius 1 is 0.950 bits per heavy atom. The lowest BCUT2D eigenvalue weighted by Crippen LogP contribution is -1.81. The topological polar surface area (TPSA) is 14.2 Å². The van der Waals surface area contributed by atoms with Gasteiger partial charge in [0.05, 0.1) is 7.11 Å². The van der Waals surface area contributed by atoms with Gasteiger partial charge in [0.1, 0.15) is 5.75 Å². The smallest absolute Gasteiger partial charge is 0.118 e. The summed E-state index contributed by atoms with van der Waals surface area (Å²) < 4.78 is 7.32. The Bertz CT molecular complexity index is 751. The quantitative estimate of drug-likeness (QED) is 0.685. The number of hydrogen-bond donors (Lipinski definition) is 0. The van der Waals surface area contributed by atoms with Crippen molar-refractivity contribution < 1.29 is 4.74 Å². The molecule has 0 spiro atoms. The minimum atomic E-state index is 0.882. The van der Waals surface area contributed by atoms with E-state index in [1.54, 1.807) is 7.11 Å². The highest BCUT2D eigenvalue weighted by Crippen LogP contribution is 2.22. The summed E-state index contributed by atoms with van der Waals surface area (Å²) in [4.78, 5) is 0. The number of ether oxygens (including phenoxy) is 1. The van der Waals surface area contributed by atoms with Gasteiger partial charge in [-0.25, -0.2) is 0 Å². The van der Waals surface area contributed by atoms with Crippen LogP contribution in [0.25, 0.3) is 23.1 Å². The summed E-state index contributed by atoms with van der Waals surface area (Å²) in [5.74, 6) is 0.882. The average molecular weight is 263 g/mol. The molecule has 0 radical (unpaired) electrons. The molecular weight excluding hydrogens is 246 g/mol. The zero-order valence-electron chi connectivity index (χ0n) is 11.7. The predicted molar refractivity (Wildman–Crippen MR) is 84.8 cm³/mol. The van der Waals surface area contributed by atoms with Crippen molar-refractivity contribution in [3.63, 3.8) is 0 Å². The van der Waals surface area contributed by atoms with Crippen molar-refractivity contribution in [2.24, 2.45) is 7.05 Å². The molecule has 0 fully saturated rings. The third-order valence-corrected chi connectivity index (χ3v) is 3.50. The number of para-hydroxylation sites is 1. The van der Waals surface area contributed by atoms with Crippen LogP contribution in [0.4, 0.5) is 0 Å². The van der Waals surface area contributed by atoms with Crippen molar-refractivity contribution in [1.82, 2.24) is 4.57 Å². The van der Waals surface area contributed by atoms with Gasteiger partial charge in [-0.1, -0.05) is 42.5 Å². The van der Waals surface area contributed by atoms with E-state index in [1.807, 2.05) is 12.1 Å². The number of aromatic nitrogens is 1. The maximum absolute atomic E-state index is 5.17. The third-order valence-electron chi connectivity index (χ3n) is 3.50. The molecule has 2 heteroatoms. The highest BCUT2D eigenvalue weighted by Gasteiger charge is 2.02. The lowest BCUT2D eigenvalue weighted by atomic mass is 10.1. The van der Waals surface area contributed by atoms with E-state index in [0.29, 0.717) is 0 Å². The van der Waals surface area contributed by atoms with E-state index >= 15 is 0 Å². The van der Waals surface area contributed by atoms with E-state index < -0.39 is 0 Å². The molecule has 0 N–H and O–H groups in total. The minimum Gasteiger partial charge on any atom is -0.497 e. The fourth-order valence-electron chi connectivity index (χ4n) is 2.41. The van der Waals surface area contributed by atoms with Gasteiger partial charge in [-0.05, 0) is 29.3 Å². The van der Waals surface area contributed by atoms with Crippen molar-refractivity contribution in [2.45, 2.75) is 0 Å². The van der Waals surface area contributed by atoms with Crippen molar-refractivity contribution in [2.75, 3.05) is 7.11 Å². The van der Waals surface area contributed by atoms with E-state index in [0.717, 1.165) is 5.75 Å². The summed E-state index contributed by atoms with van der Waals surface area (Å²) >= 11 is 0. The van der Waals surface area contributed by atoms with Gasteiger partial charge in [-0.15, -0.1) is 0 Å². The Morgan fingerprint density at radius 3 is 2.45 bits per heavy atom. The minimum absolute atomic E-state index is 0.882. The summed E-state index contributed by atoms with van der Waals surface area (Å²) in [6.45, 7) is 0. The lowest BCUT2D eigenvalue weighted by molar-refractivity contribution is 0.415. The van der Waals surface area contributed by atoms with Gasteiger partial charge in [0.15, 0.2) is 0 Å². The Labute approximate surface area is 118 Å². The lowest BCUT2D eigenvalue weighted by Gasteiger charge is -1.99. The summed E-state index contributed by atoms with van der Waals surface area (Å²) in [6, 6.07) is 16.5. The first-order valence-corrected chi connectivity index (χ1v) is 6.64.